The van der Waals surface area contributed by atoms with Crippen molar-refractivity contribution in [3.63, 3.8) is 0 Å². The van der Waals surface area contributed by atoms with Crippen LogP contribution in [0.5, 0.6) is 11.5 Å². The van der Waals surface area contributed by atoms with E-state index >= 15 is 0 Å². The van der Waals surface area contributed by atoms with E-state index in [1.165, 1.54) is 0 Å². The Morgan fingerprint density at radius 2 is 1.91 bits per heavy atom. The third-order valence-corrected chi connectivity index (χ3v) is 5.69. The largest absolute Gasteiger partial charge is 0.496 e. The molecule has 0 saturated carbocycles. The van der Waals surface area contributed by atoms with E-state index in [4.69, 9.17) is 21.1 Å². The predicted molar refractivity (Wildman–Crippen MR) is 129 cm³/mol. The van der Waals surface area contributed by atoms with Crippen LogP contribution in [0, 0.1) is 13.8 Å². The van der Waals surface area contributed by atoms with Gasteiger partial charge in [-0.05, 0) is 72.9 Å². The lowest BCUT2D eigenvalue weighted by Crippen LogP contribution is -2.04. The molecule has 0 unspecified atom stereocenters. The molecule has 3 rings (SSSR count). The Bertz CT molecular complexity index is 1160. The van der Waals surface area contributed by atoms with Gasteiger partial charge < -0.3 is 9.47 Å². The van der Waals surface area contributed by atoms with Crippen molar-refractivity contribution >= 4 is 23.5 Å². The number of hydrogen-bond acceptors (Lipinski definition) is 4. The second-order valence-electron chi connectivity index (χ2n) is 8.15. The van der Waals surface area contributed by atoms with E-state index in [9.17, 15) is 4.79 Å². The highest BCUT2D eigenvalue weighted by Gasteiger charge is 2.13. The second-order valence-corrected chi connectivity index (χ2v) is 8.55. The Balaban J connectivity index is 1.82. The van der Waals surface area contributed by atoms with E-state index in [0.717, 1.165) is 44.5 Å². The summed E-state index contributed by atoms with van der Waals surface area (Å²) < 4.78 is 13.3. The number of ether oxygens (including phenoxy) is 2. The monoisotopic (exact) mass is 452 g/mol. The summed E-state index contributed by atoms with van der Waals surface area (Å²) in [7, 11) is 3.40. The van der Waals surface area contributed by atoms with Crippen molar-refractivity contribution in [1.82, 2.24) is 9.78 Å². The lowest BCUT2D eigenvalue weighted by Gasteiger charge is -2.17. The first-order chi connectivity index (χ1) is 15.2. The zero-order valence-electron chi connectivity index (χ0n) is 19.4. The number of hydrogen-bond donors (Lipinski definition) is 0. The van der Waals surface area contributed by atoms with Crippen LogP contribution < -0.4 is 9.47 Å². The first-order valence-electron chi connectivity index (χ1n) is 10.5. The molecule has 0 atom stereocenters. The lowest BCUT2D eigenvalue weighted by molar-refractivity contribution is 0.103. The van der Waals surface area contributed by atoms with Gasteiger partial charge in [0.2, 0.25) is 5.78 Å². The van der Waals surface area contributed by atoms with Crippen LogP contribution in [-0.2, 0) is 13.7 Å². The lowest BCUT2D eigenvalue weighted by atomic mass is 10.0. The highest BCUT2D eigenvalue weighted by atomic mass is 35.5. The van der Waals surface area contributed by atoms with Crippen LogP contribution in [-0.4, -0.2) is 22.7 Å². The zero-order valence-corrected chi connectivity index (χ0v) is 20.2. The number of benzene rings is 2. The number of rotatable bonds is 8. The minimum atomic E-state index is -0.0973. The molecule has 0 saturated heterocycles. The average molecular weight is 453 g/mol. The number of allylic oxidation sites excluding steroid dienone is 1. The fourth-order valence-electron chi connectivity index (χ4n) is 3.52. The van der Waals surface area contributed by atoms with Crippen molar-refractivity contribution < 1.29 is 14.3 Å². The topological polar surface area (TPSA) is 53.3 Å². The number of aryl methyl sites for hydroxylation is 3. The molecule has 6 heteroatoms. The first-order valence-corrected chi connectivity index (χ1v) is 10.9. The Hall–Kier alpha value is -3.05. The summed E-state index contributed by atoms with van der Waals surface area (Å²) in [5.41, 5.74) is 5.17. The van der Waals surface area contributed by atoms with Gasteiger partial charge in [-0.3, -0.25) is 9.48 Å². The highest BCUT2D eigenvalue weighted by molar-refractivity contribution is 6.31. The molecule has 0 aliphatic heterocycles. The fourth-order valence-corrected chi connectivity index (χ4v) is 3.69. The van der Waals surface area contributed by atoms with Crippen molar-refractivity contribution in [1.29, 1.82) is 0 Å². The van der Waals surface area contributed by atoms with E-state index in [0.29, 0.717) is 12.3 Å². The van der Waals surface area contributed by atoms with Gasteiger partial charge in [-0.1, -0.05) is 37.6 Å². The molecule has 2 aromatic carbocycles. The average Bonchev–Trinajstić information content (AvgIpc) is 3.10. The van der Waals surface area contributed by atoms with E-state index in [1.54, 1.807) is 37.1 Å². The van der Waals surface area contributed by atoms with Crippen molar-refractivity contribution in [2.75, 3.05) is 7.11 Å². The van der Waals surface area contributed by atoms with E-state index < -0.39 is 0 Å². The number of aromatic nitrogens is 2. The van der Waals surface area contributed by atoms with E-state index in [-0.39, 0.29) is 11.7 Å². The van der Waals surface area contributed by atoms with Gasteiger partial charge in [0.1, 0.15) is 23.8 Å². The van der Waals surface area contributed by atoms with Crippen LogP contribution in [0.3, 0.4) is 0 Å². The molecule has 3 aromatic rings. The van der Waals surface area contributed by atoms with Gasteiger partial charge in [0, 0.05) is 17.6 Å². The number of carbonyl (C=O) groups excluding carboxylic acids is 1. The minimum absolute atomic E-state index is 0.0973. The maximum Gasteiger partial charge on any atom is 0.203 e. The van der Waals surface area contributed by atoms with Gasteiger partial charge in [0.05, 0.1) is 12.8 Å². The molecule has 0 radical (unpaired) electrons. The normalized spacial score (nSPS) is 11.4. The molecular weight excluding hydrogens is 424 g/mol. The third kappa shape index (κ3) is 5.40. The van der Waals surface area contributed by atoms with Crippen molar-refractivity contribution in [2.24, 2.45) is 7.05 Å². The Labute approximate surface area is 194 Å². The zero-order chi connectivity index (χ0) is 23.4. The second kappa shape index (κ2) is 10.0. The van der Waals surface area contributed by atoms with Crippen LogP contribution in [0.2, 0.25) is 5.02 Å². The molecule has 0 fully saturated rings. The van der Waals surface area contributed by atoms with Crippen LogP contribution in [0.4, 0.5) is 0 Å². The molecule has 5 nitrogen and oxygen atoms in total. The number of halogens is 1. The van der Waals surface area contributed by atoms with Gasteiger partial charge in [-0.15, -0.1) is 0 Å². The Kier molecular flexibility index (Phi) is 7.41. The Morgan fingerprint density at radius 1 is 1.16 bits per heavy atom. The van der Waals surface area contributed by atoms with E-state index in [1.807, 2.05) is 44.2 Å². The smallest absolute Gasteiger partial charge is 0.203 e. The summed E-state index contributed by atoms with van der Waals surface area (Å²) in [5, 5.41) is 4.96. The molecule has 0 bridgehead atoms. The summed E-state index contributed by atoms with van der Waals surface area (Å²) >= 11 is 6.32. The summed E-state index contributed by atoms with van der Waals surface area (Å²) in [4.78, 5) is 12.5. The molecular formula is C26H29ClN2O3. The number of nitrogens with zero attached hydrogens (tertiary/aromatic N) is 2. The van der Waals surface area contributed by atoms with Crippen molar-refractivity contribution in [3.05, 3.63) is 81.1 Å². The SMILES string of the molecule is COc1ccc(/C=C/C(=O)c2cc(C)nn2C)cc1COc1cc(C)c(Cl)cc1C(C)C. The molecule has 1 aromatic heterocycles. The minimum Gasteiger partial charge on any atom is -0.496 e. The van der Waals surface area contributed by atoms with Crippen LogP contribution in [0.15, 0.2) is 42.5 Å². The molecule has 0 N–H and O–H groups in total. The summed E-state index contributed by atoms with van der Waals surface area (Å²) in [6.07, 6.45) is 3.35. The molecule has 0 aliphatic carbocycles. The van der Waals surface area contributed by atoms with Gasteiger partial charge in [0.25, 0.3) is 0 Å². The summed E-state index contributed by atoms with van der Waals surface area (Å²) in [6.45, 7) is 8.39. The number of methoxy groups -OCH3 is 1. The summed E-state index contributed by atoms with van der Waals surface area (Å²) in [5.74, 6) is 1.72. The van der Waals surface area contributed by atoms with Crippen molar-refractivity contribution in [2.45, 2.75) is 40.2 Å². The molecule has 32 heavy (non-hydrogen) atoms. The molecule has 1 heterocycles. The fraction of sp³-hybridized carbons (Fsp3) is 0.308. The highest BCUT2D eigenvalue weighted by Crippen LogP contribution is 2.33. The first kappa shape index (κ1) is 23.6. The number of carbonyl (C=O) groups is 1. The van der Waals surface area contributed by atoms with Crippen molar-refractivity contribution in [3.8, 4) is 11.5 Å². The van der Waals surface area contributed by atoms with Gasteiger partial charge in [0.15, 0.2) is 0 Å². The van der Waals surface area contributed by atoms with E-state index in [2.05, 4.69) is 18.9 Å². The van der Waals surface area contributed by atoms with Gasteiger partial charge >= 0.3 is 0 Å². The molecule has 0 amide bonds. The van der Waals surface area contributed by atoms with Gasteiger partial charge in [-0.2, -0.15) is 5.10 Å². The maximum absolute atomic E-state index is 12.5. The van der Waals surface area contributed by atoms with Crippen LogP contribution in [0.1, 0.15) is 58.2 Å². The summed E-state index contributed by atoms with van der Waals surface area (Å²) in [6, 6.07) is 11.5. The van der Waals surface area contributed by atoms with Crippen LogP contribution >= 0.6 is 11.6 Å². The Morgan fingerprint density at radius 3 is 2.53 bits per heavy atom. The quantitative estimate of drug-likeness (QED) is 0.297. The maximum atomic E-state index is 12.5. The predicted octanol–water partition coefficient (Wildman–Crippen LogP) is 6.30. The standard InChI is InChI=1S/C26H29ClN2O3/c1-16(2)21-14-22(27)17(3)11-26(21)32-15-20-13-19(8-10-25(20)31-6)7-9-24(30)23-12-18(4)28-29(23)5/h7-14,16H,15H2,1-6H3/b9-7+. The van der Waals surface area contributed by atoms with Gasteiger partial charge in [-0.25, -0.2) is 0 Å². The third-order valence-electron chi connectivity index (χ3n) is 5.28. The van der Waals surface area contributed by atoms with Crippen LogP contribution in [0.25, 0.3) is 6.08 Å². The molecule has 168 valence electrons. The molecule has 0 aliphatic rings. The number of ketones is 1. The molecule has 0 spiro atoms.